The highest BCUT2D eigenvalue weighted by Crippen LogP contribution is 2.39. The standard InChI is InChI=1S/C16H12Cl2N2O3S3/c1-2-26(22,23)10-5-3-4-9(6-10)15(21)20-16-19-12(8-24-16)11-7-13(17)25-14(11)18/h3-8H,2H2,1H3,(H,19,20,21). The summed E-state index contributed by atoms with van der Waals surface area (Å²) in [4.78, 5) is 16.9. The number of thiazole rings is 1. The molecule has 3 aromatic rings. The lowest BCUT2D eigenvalue weighted by Crippen LogP contribution is -2.13. The summed E-state index contributed by atoms with van der Waals surface area (Å²) in [6.45, 7) is 1.56. The number of carbonyl (C=O) groups excluding carboxylic acids is 1. The maximum Gasteiger partial charge on any atom is 0.257 e. The first-order chi connectivity index (χ1) is 12.3. The molecule has 1 aromatic carbocycles. The van der Waals surface area contributed by atoms with E-state index in [1.807, 2.05) is 0 Å². The molecule has 3 rings (SSSR count). The van der Waals surface area contributed by atoms with Gasteiger partial charge < -0.3 is 0 Å². The second-order valence-electron chi connectivity index (χ2n) is 5.16. The third-order valence-electron chi connectivity index (χ3n) is 3.49. The predicted molar refractivity (Wildman–Crippen MR) is 108 cm³/mol. The fraction of sp³-hybridized carbons (Fsp3) is 0.125. The van der Waals surface area contributed by atoms with Gasteiger partial charge in [-0.05, 0) is 24.3 Å². The Morgan fingerprint density at radius 2 is 2.04 bits per heavy atom. The maximum absolute atomic E-state index is 12.4. The number of halogens is 2. The minimum atomic E-state index is -3.38. The first-order valence-corrected chi connectivity index (χ1v) is 11.5. The molecule has 2 heterocycles. The lowest BCUT2D eigenvalue weighted by atomic mass is 10.2. The molecule has 0 saturated heterocycles. The van der Waals surface area contributed by atoms with Crippen LogP contribution in [0.3, 0.4) is 0 Å². The van der Waals surface area contributed by atoms with E-state index < -0.39 is 15.7 Å². The normalized spacial score (nSPS) is 11.5. The molecular weight excluding hydrogens is 435 g/mol. The Morgan fingerprint density at radius 3 is 2.69 bits per heavy atom. The smallest absolute Gasteiger partial charge is 0.257 e. The molecule has 26 heavy (non-hydrogen) atoms. The number of aromatic nitrogens is 1. The van der Waals surface area contributed by atoms with Crippen molar-refractivity contribution in [1.29, 1.82) is 0 Å². The number of nitrogens with zero attached hydrogens (tertiary/aromatic N) is 1. The molecule has 0 atom stereocenters. The number of benzene rings is 1. The highest BCUT2D eigenvalue weighted by atomic mass is 35.5. The number of thiophene rings is 1. The van der Waals surface area contributed by atoms with Crippen LogP contribution in [0.15, 0.2) is 40.6 Å². The lowest BCUT2D eigenvalue weighted by molar-refractivity contribution is 0.102. The second kappa shape index (κ2) is 7.66. The van der Waals surface area contributed by atoms with Crippen molar-refractivity contribution in [3.8, 4) is 11.3 Å². The van der Waals surface area contributed by atoms with Crippen LogP contribution in [0.2, 0.25) is 8.67 Å². The number of amides is 1. The van der Waals surface area contributed by atoms with E-state index in [4.69, 9.17) is 23.2 Å². The highest BCUT2D eigenvalue weighted by molar-refractivity contribution is 7.91. The summed E-state index contributed by atoms with van der Waals surface area (Å²) in [6.07, 6.45) is 0. The number of anilines is 1. The molecule has 0 unspecified atom stereocenters. The van der Waals surface area contributed by atoms with Crippen molar-refractivity contribution in [3.63, 3.8) is 0 Å². The van der Waals surface area contributed by atoms with Crippen molar-refractivity contribution in [2.75, 3.05) is 11.1 Å². The van der Waals surface area contributed by atoms with Gasteiger partial charge in [0.2, 0.25) is 0 Å². The summed E-state index contributed by atoms with van der Waals surface area (Å²) in [5.41, 5.74) is 1.56. The minimum Gasteiger partial charge on any atom is -0.298 e. The van der Waals surface area contributed by atoms with Crippen LogP contribution in [0.25, 0.3) is 11.3 Å². The average molecular weight is 447 g/mol. The summed E-state index contributed by atoms with van der Waals surface area (Å²) in [6, 6.07) is 7.64. The van der Waals surface area contributed by atoms with Gasteiger partial charge in [0.1, 0.15) is 4.34 Å². The van der Waals surface area contributed by atoms with Gasteiger partial charge in [-0.3, -0.25) is 10.1 Å². The highest BCUT2D eigenvalue weighted by Gasteiger charge is 2.16. The Kier molecular flexibility index (Phi) is 5.69. The Balaban J connectivity index is 1.81. The molecule has 0 bridgehead atoms. The summed E-state index contributed by atoms with van der Waals surface area (Å²) >= 11 is 14.5. The van der Waals surface area contributed by atoms with Crippen LogP contribution in [-0.4, -0.2) is 25.1 Å². The Hall–Kier alpha value is -1.45. The van der Waals surface area contributed by atoms with Gasteiger partial charge in [-0.2, -0.15) is 0 Å². The van der Waals surface area contributed by atoms with E-state index in [0.29, 0.717) is 25.1 Å². The summed E-state index contributed by atoms with van der Waals surface area (Å²) in [5.74, 6) is -0.466. The lowest BCUT2D eigenvalue weighted by Gasteiger charge is -2.05. The van der Waals surface area contributed by atoms with Crippen LogP contribution in [0.5, 0.6) is 0 Å². The second-order valence-corrected chi connectivity index (χ2v) is 10.6. The van der Waals surface area contributed by atoms with Crippen LogP contribution >= 0.6 is 45.9 Å². The molecule has 0 saturated carbocycles. The molecule has 1 N–H and O–H groups in total. The molecular formula is C16H12Cl2N2O3S3. The summed E-state index contributed by atoms with van der Waals surface area (Å²) < 4.78 is 25.0. The first-order valence-electron chi connectivity index (χ1n) is 7.35. The van der Waals surface area contributed by atoms with Crippen molar-refractivity contribution < 1.29 is 13.2 Å². The molecule has 1 amide bonds. The number of rotatable bonds is 5. The molecule has 0 radical (unpaired) electrons. The molecule has 0 aliphatic carbocycles. The number of hydrogen-bond acceptors (Lipinski definition) is 6. The molecule has 10 heteroatoms. The first kappa shape index (κ1) is 19.3. The molecule has 5 nitrogen and oxygen atoms in total. The van der Waals surface area contributed by atoms with E-state index in [1.54, 1.807) is 24.4 Å². The van der Waals surface area contributed by atoms with Crippen molar-refractivity contribution in [2.45, 2.75) is 11.8 Å². The van der Waals surface area contributed by atoms with Crippen molar-refractivity contribution >= 4 is 66.8 Å². The van der Waals surface area contributed by atoms with Gasteiger partial charge in [0.05, 0.1) is 20.7 Å². The molecule has 0 fully saturated rings. The SMILES string of the molecule is CCS(=O)(=O)c1cccc(C(=O)Nc2nc(-c3cc(Cl)sc3Cl)cs2)c1. The van der Waals surface area contributed by atoms with Crippen LogP contribution in [-0.2, 0) is 9.84 Å². The Bertz CT molecular complexity index is 1070. The van der Waals surface area contributed by atoms with E-state index in [1.165, 1.54) is 40.9 Å². The van der Waals surface area contributed by atoms with Gasteiger partial charge in [0.25, 0.3) is 5.91 Å². The van der Waals surface area contributed by atoms with Crippen LogP contribution in [0.1, 0.15) is 17.3 Å². The van der Waals surface area contributed by atoms with E-state index in [0.717, 1.165) is 0 Å². The largest absolute Gasteiger partial charge is 0.298 e. The third-order valence-corrected chi connectivity index (χ3v) is 7.47. The van der Waals surface area contributed by atoms with Crippen molar-refractivity contribution in [1.82, 2.24) is 4.98 Å². The van der Waals surface area contributed by atoms with Gasteiger partial charge in [-0.25, -0.2) is 13.4 Å². The summed E-state index contributed by atoms with van der Waals surface area (Å²) in [7, 11) is -3.38. The molecule has 2 aromatic heterocycles. The predicted octanol–water partition coefficient (Wildman–Crippen LogP) is 5.22. The fourth-order valence-corrected chi connectivity index (χ4v) is 5.25. The molecule has 136 valence electrons. The van der Waals surface area contributed by atoms with E-state index >= 15 is 0 Å². The third kappa shape index (κ3) is 4.10. The average Bonchev–Trinajstić information content (AvgIpc) is 3.20. The molecule has 0 aliphatic heterocycles. The van der Waals surface area contributed by atoms with Gasteiger partial charge in [-0.15, -0.1) is 22.7 Å². The van der Waals surface area contributed by atoms with Gasteiger partial charge in [0, 0.05) is 16.5 Å². The van der Waals surface area contributed by atoms with Gasteiger partial charge in [-0.1, -0.05) is 36.2 Å². The summed E-state index contributed by atoms with van der Waals surface area (Å²) in [5, 5.41) is 4.82. The van der Waals surface area contributed by atoms with E-state index in [2.05, 4.69) is 10.3 Å². The number of sulfone groups is 1. The van der Waals surface area contributed by atoms with Crippen molar-refractivity contribution in [2.24, 2.45) is 0 Å². The Labute approximate surface area is 168 Å². The zero-order valence-corrected chi connectivity index (χ0v) is 17.3. The quantitative estimate of drug-likeness (QED) is 0.582. The number of carbonyl (C=O) groups is 1. The zero-order valence-electron chi connectivity index (χ0n) is 13.3. The fourth-order valence-electron chi connectivity index (χ4n) is 2.14. The number of hydrogen-bond donors (Lipinski definition) is 1. The molecule has 0 spiro atoms. The van der Waals surface area contributed by atoms with Crippen LogP contribution < -0.4 is 5.32 Å². The maximum atomic E-state index is 12.4. The van der Waals surface area contributed by atoms with Crippen LogP contribution in [0, 0.1) is 0 Å². The van der Waals surface area contributed by atoms with Crippen LogP contribution in [0.4, 0.5) is 5.13 Å². The van der Waals surface area contributed by atoms with Gasteiger partial charge in [0.15, 0.2) is 15.0 Å². The minimum absolute atomic E-state index is 0.0299. The van der Waals surface area contributed by atoms with Crippen molar-refractivity contribution in [3.05, 3.63) is 49.9 Å². The van der Waals surface area contributed by atoms with E-state index in [-0.39, 0.29) is 16.2 Å². The van der Waals surface area contributed by atoms with E-state index in [9.17, 15) is 13.2 Å². The zero-order chi connectivity index (χ0) is 18.9. The molecule has 0 aliphatic rings. The topological polar surface area (TPSA) is 76.1 Å². The Morgan fingerprint density at radius 1 is 1.27 bits per heavy atom. The van der Waals surface area contributed by atoms with Gasteiger partial charge >= 0.3 is 0 Å². The number of nitrogens with one attached hydrogen (secondary N) is 1. The monoisotopic (exact) mass is 446 g/mol.